The number of rotatable bonds is 26. The van der Waals surface area contributed by atoms with Crippen molar-refractivity contribution in [2.24, 2.45) is 5.92 Å². The average Bonchev–Trinajstić information content (AvgIpc) is 3.04. The zero-order valence-electron chi connectivity index (χ0n) is 29.0. The second-order valence-corrected chi connectivity index (χ2v) is 11.7. The first-order valence-electron chi connectivity index (χ1n) is 16.2. The van der Waals surface area contributed by atoms with E-state index < -0.39 is 5.97 Å². The van der Waals surface area contributed by atoms with Gasteiger partial charge in [0, 0.05) is 91.7 Å². The van der Waals surface area contributed by atoms with Crippen LogP contribution in [0, 0.1) is 5.92 Å². The number of nitrogens with zero attached hydrogens (tertiary/aromatic N) is 3. The van der Waals surface area contributed by atoms with Gasteiger partial charge < -0.3 is 46.6 Å². The first kappa shape index (κ1) is 41.3. The smallest absolute Gasteiger partial charge is 0.303 e. The Balaban J connectivity index is 3.11. The third kappa shape index (κ3) is 18.9. The van der Waals surface area contributed by atoms with Gasteiger partial charge in [0.05, 0.1) is 12.0 Å². The van der Waals surface area contributed by atoms with Crippen molar-refractivity contribution in [2.75, 3.05) is 106 Å². The zero-order chi connectivity index (χ0) is 35.0. The predicted octanol–water partition coefficient (Wildman–Crippen LogP) is 1.10. The van der Waals surface area contributed by atoms with E-state index in [-0.39, 0.29) is 41.9 Å². The van der Waals surface area contributed by atoms with Crippen molar-refractivity contribution in [1.29, 1.82) is 0 Å². The maximum absolute atomic E-state index is 13.0. The summed E-state index contributed by atoms with van der Waals surface area (Å²) in [6.45, 7) is 11.4. The van der Waals surface area contributed by atoms with Gasteiger partial charge in [-0.05, 0) is 69.5 Å². The lowest BCUT2D eigenvalue weighted by Gasteiger charge is -2.32. The summed E-state index contributed by atoms with van der Waals surface area (Å²) in [5.74, 6) is -1.62. The fraction of sp³-hybridized carbons (Fsp3) is 0.559. The summed E-state index contributed by atoms with van der Waals surface area (Å²) in [6.07, 6.45) is 5.05. The number of carbonyl (C=O) groups excluding carboxylic acids is 2. The van der Waals surface area contributed by atoms with Gasteiger partial charge in [-0.2, -0.15) is 0 Å². The summed E-state index contributed by atoms with van der Waals surface area (Å²) in [6, 6.07) is 7.72. The van der Waals surface area contributed by atoms with Crippen molar-refractivity contribution in [3.8, 4) is 0 Å². The molecule has 1 rings (SSSR count). The Bertz CT molecular complexity index is 1130. The molecule has 2 amide bonds. The normalized spacial score (nSPS) is 12.7. The molecule has 0 fully saturated rings. The number of aliphatic hydroxyl groups is 1. The minimum absolute atomic E-state index is 0.0725. The number of amides is 2. The van der Waals surface area contributed by atoms with E-state index in [1.807, 2.05) is 59.5 Å². The van der Waals surface area contributed by atoms with Crippen molar-refractivity contribution < 1.29 is 24.6 Å². The number of anilines is 1. The van der Waals surface area contributed by atoms with Crippen LogP contribution in [0.2, 0.25) is 0 Å². The fourth-order valence-corrected chi connectivity index (χ4v) is 4.85. The lowest BCUT2D eigenvalue weighted by molar-refractivity contribution is -0.138. The zero-order valence-corrected chi connectivity index (χ0v) is 29.0. The standard InChI is InChI=1S/C34H58N8O5/c1-7-31(43)30(14-19-40(5)6)34(47)38-18-23-42(22-17-37-4)26-28(25-41(20-15-35-2)21-16-36-3)24-27-8-10-29(11-9-27)39-32(44)12-13-33(45)46/h7-11,14,19,28,35-37,43H,1,12-13,15-18,20-26H2,2-6H3,(H,38,47)(H,39,44)(H,45,46)/b19-14-,31-30-. The number of nitrogens with one attached hydrogen (secondary N) is 5. The van der Waals surface area contributed by atoms with E-state index in [0.717, 1.165) is 64.3 Å². The van der Waals surface area contributed by atoms with E-state index in [1.54, 1.807) is 17.2 Å². The van der Waals surface area contributed by atoms with E-state index in [0.29, 0.717) is 18.8 Å². The van der Waals surface area contributed by atoms with E-state index in [2.05, 4.69) is 43.0 Å². The largest absolute Gasteiger partial charge is 0.507 e. The fourth-order valence-electron chi connectivity index (χ4n) is 4.85. The van der Waals surface area contributed by atoms with Crippen LogP contribution >= 0.6 is 0 Å². The molecule has 0 aromatic heterocycles. The Labute approximate surface area is 281 Å². The molecule has 0 bridgehead atoms. The van der Waals surface area contributed by atoms with Gasteiger partial charge >= 0.3 is 5.97 Å². The lowest BCUT2D eigenvalue weighted by atomic mass is 9.97. The van der Waals surface area contributed by atoms with Crippen LogP contribution in [-0.2, 0) is 20.8 Å². The van der Waals surface area contributed by atoms with Crippen molar-refractivity contribution in [2.45, 2.75) is 19.3 Å². The van der Waals surface area contributed by atoms with E-state index in [1.165, 1.54) is 6.08 Å². The molecule has 1 aromatic carbocycles. The average molecular weight is 659 g/mol. The van der Waals surface area contributed by atoms with E-state index in [4.69, 9.17) is 5.11 Å². The maximum Gasteiger partial charge on any atom is 0.303 e. The molecule has 0 radical (unpaired) electrons. The summed E-state index contributed by atoms with van der Waals surface area (Å²) in [5.41, 5.74) is 1.91. The van der Waals surface area contributed by atoms with Crippen LogP contribution in [-0.4, -0.2) is 143 Å². The lowest BCUT2D eigenvalue weighted by Crippen LogP contribution is -2.45. The molecular weight excluding hydrogens is 600 g/mol. The number of hydrogen-bond donors (Lipinski definition) is 7. The minimum Gasteiger partial charge on any atom is -0.507 e. The minimum atomic E-state index is -1.00. The summed E-state index contributed by atoms with van der Waals surface area (Å²) in [4.78, 5) is 42.5. The Hall–Kier alpha value is -3.75. The third-order valence-corrected chi connectivity index (χ3v) is 7.36. The Morgan fingerprint density at radius 3 is 1.83 bits per heavy atom. The van der Waals surface area contributed by atoms with Crippen LogP contribution in [0.5, 0.6) is 0 Å². The van der Waals surface area contributed by atoms with Gasteiger partial charge in [0.15, 0.2) is 0 Å². The van der Waals surface area contributed by atoms with E-state index in [9.17, 15) is 19.5 Å². The van der Waals surface area contributed by atoms with Crippen LogP contribution in [0.15, 0.2) is 60.5 Å². The number of benzene rings is 1. The summed E-state index contributed by atoms with van der Waals surface area (Å²) >= 11 is 0. The number of carboxylic acids is 1. The molecule has 13 nitrogen and oxygen atoms in total. The van der Waals surface area contributed by atoms with Gasteiger partial charge in [0.1, 0.15) is 5.76 Å². The molecule has 0 aliphatic rings. The molecule has 0 aliphatic carbocycles. The van der Waals surface area contributed by atoms with Gasteiger partial charge in [-0.1, -0.05) is 18.7 Å². The van der Waals surface area contributed by atoms with Crippen LogP contribution in [0.4, 0.5) is 5.69 Å². The summed E-state index contributed by atoms with van der Waals surface area (Å²) < 4.78 is 0. The number of allylic oxidation sites excluding steroid dienone is 1. The quantitative estimate of drug-likeness (QED) is 0.0434. The monoisotopic (exact) mass is 658 g/mol. The Kier molecular flexibility index (Phi) is 21.5. The van der Waals surface area contributed by atoms with Crippen molar-refractivity contribution >= 4 is 23.5 Å². The third-order valence-electron chi connectivity index (χ3n) is 7.36. The van der Waals surface area contributed by atoms with Gasteiger partial charge in [0.2, 0.25) is 5.91 Å². The van der Waals surface area contributed by atoms with Gasteiger partial charge in [-0.15, -0.1) is 0 Å². The van der Waals surface area contributed by atoms with Gasteiger partial charge in [0.25, 0.3) is 5.91 Å². The number of aliphatic carboxylic acids is 1. The highest BCUT2D eigenvalue weighted by Gasteiger charge is 2.20. The van der Waals surface area contributed by atoms with Crippen molar-refractivity contribution in [3.63, 3.8) is 0 Å². The van der Waals surface area contributed by atoms with Crippen LogP contribution in [0.1, 0.15) is 18.4 Å². The molecule has 0 saturated carbocycles. The summed E-state index contributed by atoms with van der Waals surface area (Å²) in [7, 11) is 9.50. The van der Waals surface area contributed by atoms with Crippen LogP contribution in [0.25, 0.3) is 0 Å². The molecule has 0 saturated heterocycles. The van der Waals surface area contributed by atoms with Crippen LogP contribution < -0.4 is 26.6 Å². The Morgan fingerprint density at radius 2 is 1.36 bits per heavy atom. The topological polar surface area (TPSA) is 162 Å². The molecule has 0 heterocycles. The number of likely N-dealkylation sites (N-methyl/N-ethyl adjacent to an activating group) is 3. The van der Waals surface area contributed by atoms with Crippen LogP contribution in [0.3, 0.4) is 0 Å². The second-order valence-electron chi connectivity index (χ2n) is 11.7. The number of hydrogen-bond acceptors (Lipinski definition) is 10. The molecule has 47 heavy (non-hydrogen) atoms. The molecule has 0 spiro atoms. The predicted molar refractivity (Wildman–Crippen MR) is 189 cm³/mol. The highest BCUT2D eigenvalue weighted by Crippen LogP contribution is 2.17. The van der Waals surface area contributed by atoms with Crippen molar-refractivity contribution in [3.05, 3.63) is 66.1 Å². The molecule has 1 unspecified atom stereocenters. The van der Waals surface area contributed by atoms with Gasteiger partial charge in [-0.3, -0.25) is 19.3 Å². The van der Waals surface area contributed by atoms with Gasteiger partial charge in [-0.25, -0.2) is 0 Å². The molecule has 1 aromatic rings. The first-order chi connectivity index (χ1) is 22.5. The van der Waals surface area contributed by atoms with E-state index >= 15 is 0 Å². The highest BCUT2D eigenvalue weighted by molar-refractivity contribution is 5.97. The Morgan fingerprint density at radius 1 is 0.830 bits per heavy atom. The maximum atomic E-state index is 13.0. The number of carbonyl (C=O) groups is 3. The highest BCUT2D eigenvalue weighted by atomic mass is 16.4. The molecule has 13 heteroatoms. The molecule has 1 atom stereocenters. The second kappa shape index (κ2) is 24.4. The number of carboxylic acid groups (broad SMARTS) is 1. The number of aliphatic hydroxyl groups excluding tert-OH is 1. The summed E-state index contributed by atoms with van der Waals surface area (Å²) in [5, 5.41) is 34.6. The molecule has 264 valence electrons. The molecule has 0 aliphatic heterocycles. The SMILES string of the molecule is C=C/C(O)=C(\C=C/N(C)C)C(=O)NCCN(CCNC)CC(Cc1ccc(NC(=O)CCC(=O)O)cc1)CN(CCNC)CCNC. The first-order valence-corrected chi connectivity index (χ1v) is 16.2. The molecule has 7 N–H and O–H groups in total. The molecular formula is C34H58N8O5. The van der Waals surface area contributed by atoms with Crippen molar-refractivity contribution in [1.82, 2.24) is 36.0 Å².